The maximum absolute atomic E-state index is 5.71. The second-order valence-corrected chi connectivity index (χ2v) is 4.54. The van der Waals surface area contributed by atoms with Crippen LogP contribution in [0.2, 0.25) is 0 Å². The lowest BCUT2D eigenvalue weighted by Crippen LogP contribution is -2.01. The van der Waals surface area contributed by atoms with E-state index in [1.165, 1.54) is 11.1 Å². The van der Waals surface area contributed by atoms with E-state index in [-0.39, 0.29) is 0 Å². The van der Waals surface area contributed by atoms with E-state index in [1.807, 2.05) is 6.07 Å². The highest BCUT2D eigenvalue weighted by Gasteiger charge is 2.03. The summed E-state index contributed by atoms with van der Waals surface area (Å²) in [6, 6.07) is 8.30. The summed E-state index contributed by atoms with van der Waals surface area (Å²) in [5, 5.41) is 0. The predicted molar refractivity (Wildman–Crippen MR) is 68.1 cm³/mol. The Morgan fingerprint density at radius 2 is 2.19 bits per heavy atom. The van der Waals surface area contributed by atoms with Crippen LogP contribution in [0.3, 0.4) is 0 Å². The Hall–Kier alpha value is -1.42. The average molecular weight is 278 g/mol. The molecule has 0 fully saturated rings. The summed E-state index contributed by atoms with van der Waals surface area (Å²) in [6.07, 6.45) is 2.40. The molecule has 0 saturated heterocycles. The number of nitrogens with zero attached hydrogens (tertiary/aromatic N) is 2. The molecule has 0 bridgehead atoms. The number of nitrogens with two attached hydrogens (primary N) is 1. The first-order chi connectivity index (χ1) is 7.65. The van der Waals surface area contributed by atoms with Crippen LogP contribution in [0, 0.1) is 6.92 Å². The first kappa shape index (κ1) is 11.1. The van der Waals surface area contributed by atoms with Gasteiger partial charge in [-0.05, 0) is 28.4 Å². The van der Waals surface area contributed by atoms with E-state index in [1.54, 1.807) is 6.20 Å². The third kappa shape index (κ3) is 2.58. The summed E-state index contributed by atoms with van der Waals surface area (Å²) in [4.78, 5) is 8.44. The number of hydrogen-bond acceptors (Lipinski definition) is 3. The van der Waals surface area contributed by atoms with Gasteiger partial charge in [0.25, 0.3) is 0 Å². The Labute approximate surface area is 103 Å². The van der Waals surface area contributed by atoms with Crippen LogP contribution in [-0.2, 0) is 6.42 Å². The Morgan fingerprint density at radius 1 is 1.38 bits per heavy atom. The Morgan fingerprint density at radius 3 is 2.88 bits per heavy atom. The second kappa shape index (κ2) is 4.61. The van der Waals surface area contributed by atoms with Gasteiger partial charge in [0.2, 0.25) is 0 Å². The fourth-order valence-electron chi connectivity index (χ4n) is 1.51. The van der Waals surface area contributed by atoms with Gasteiger partial charge in [0.1, 0.15) is 11.6 Å². The summed E-state index contributed by atoms with van der Waals surface area (Å²) in [7, 11) is 0. The molecule has 0 aliphatic rings. The SMILES string of the molecule is Cc1cccc(Cc2ncc(Br)c(N)n2)c1. The number of rotatable bonds is 2. The zero-order valence-corrected chi connectivity index (χ0v) is 10.5. The highest BCUT2D eigenvalue weighted by atomic mass is 79.9. The molecule has 0 aliphatic carbocycles. The topological polar surface area (TPSA) is 51.8 Å². The van der Waals surface area contributed by atoms with Crippen molar-refractivity contribution in [2.24, 2.45) is 0 Å². The second-order valence-electron chi connectivity index (χ2n) is 3.69. The normalized spacial score (nSPS) is 10.4. The third-order valence-corrected chi connectivity index (χ3v) is 2.88. The molecule has 0 spiro atoms. The van der Waals surface area contributed by atoms with Crippen molar-refractivity contribution in [2.75, 3.05) is 5.73 Å². The van der Waals surface area contributed by atoms with Crippen LogP contribution in [0.5, 0.6) is 0 Å². The van der Waals surface area contributed by atoms with Gasteiger partial charge in [0, 0.05) is 12.6 Å². The fraction of sp³-hybridized carbons (Fsp3) is 0.167. The first-order valence-electron chi connectivity index (χ1n) is 4.97. The Bertz CT molecular complexity index is 511. The lowest BCUT2D eigenvalue weighted by atomic mass is 10.1. The molecule has 4 heteroatoms. The number of hydrogen-bond donors (Lipinski definition) is 1. The molecule has 3 nitrogen and oxygen atoms in total. The van der Waals surface area contributed by atoms with E-state index in [0.29, 0.717) is 12.2 Å². The van der Waals surface area contributed by atoms with Gasteiger partial charge < -0.3 is 5.73 Å². The van der Waals surface area contributed by atoms with Gasteiger partial charge in [-0.25, -0.2) is 9.97 Å². The van der Waals surface area contributed by atoms with Crippen LogP contribution in [0.15, 0.2) is 34.9 Å². The lowest BCUT2D eigenvalue weighted by Gasteiger charge is -2.03. The van der Waals surface area contributed by atoms with Crippen molar-refractivity contribution in [2.45, 2.75) is 13.3 Å². The van der Waals surface area contributed by atoms with E-state index in [9.17, 15) is 0 Å². The Kier molecular flexibility index (Phi) is 3.19. The summed E-state index contributed by atoms with van der Waals surface area (Å²) >= 11 is 3.28. The highest BCUT2D eigenvalue weighted by molar-refractivity contribution is 9.10. The van der Waals surface area contributed by atoms with Crippen LogP contribution in [0.1, 0.15) is 17.0 Å². The molecule has 16 heavy (non-hydrogen) atoms. The minimum atomic E-state index is 0.484. The van der Waals surface area contributed by atoms with E-state index in [0.717, 1.165) is 10.3 Å². The lowest BCUT2D eigenvalue weighted by molar-refractivity contribution is 0.967. The summed E-state index contributed by atoms with van der Waals surface area (Å²) < 4.78 is 0.737. The Balaban J connectivity index is 2.24. The molecule has 2 rings (SSSR count). The van der Waals surface area contributed by atoms with E-state index < -0.39 is 0 Å². The molecule has 82 valence electrons. The van der Waals surface area contributed by atoms with E-state index in [4.69, 9.17) is 5.73 Å². The minimum absolute atomic E-state index is 0.484. The maximum atomic E-state index is 5.71. The summed E-state index contributed by atoms with van der Waals surface area (Å²) in [5.74, 6) is 1.23. The number of halogens is 1. The minimum Gasteiger partial charge on any atom is -0.383 e. The van der Waals surface area contributed by atoms with Crippen molar-refractivity contribution in [3.63, 3.8) is 0 Å². The van der Waals surface area contributed by atoms with Crippen molar-refractivity contribution in [1.29, 1.82) is 0 Å². The van der Waals surface area contributed by atoms with Crippen molar-refractivity contribution >= 4 is 21.7 Å². The smallest absolute Gasteiger partial charge is 0.141 e. The van der Waals surface area contributed by atoms with Crippen LogP contribution in [0.4, 0.5) is 5.82 Å². The molecule has 0 unspecified atom stereocenters. The number of nitrogen functional groups attached to an aromatic ring is 1. The van der Waals surface area contributed by atoms with Gasteiger partial charge in [-0.2, -0.15) is 0 Å². The first-order valence-corrected chi connectivity index (χ1v) is 5.77. The molecule has 1 heterocycles. The van der Waals surface area contributed by atoms with Crippen molar-refractivity contribution in [1.82, 2.24) is 9.97 Å². The predicted octanol–water partition coefficient (Wildman–Crippen LogP) is 2.72. The van der Waals surface area contributed by atoms with Gasteiger partial charge in [0.05, 0.1) is 4.47 Å². The van der Waals surface area contributed by atoms with E-state index in [2.05, 4.69) is 51.0 Å². The number of benzene rings is 1. The van der Waals surface area contributed by atoms with Crippen molar-refractivity contribution in [3.05, 3.63) is 51.9 Å². The molecule has 1 aromatic carbocycles. The standard InChI is InChI=1S/C12H12BrN3/c1-8-3-2-4-9(5-8)6-11-15-7-10(13)12(14)16-11/h2-5,7H,6H2,1H3,(H2,14,15,16). The molecular weight excluding hydrogens is 266 g/mol. The van der Waals surface area contributed by atoms with Crippen LogP contribution < -0.4 is 5.73 Å². The molecule has 1 aromatic heterocycles. The quantitative estimate of drug-likeness (QED) is 0.918. The number of anilines is 1. The maximum Gasteiger partial charge on any atom is 0.141 e. The van der Waals surface area contributed by atoms with Crippen LogP contribution >= 0.6 is 15.9 Å². The van der Waals surface area contributed by atoms with Gasteiger partial charge in [-0.15, -0.1) is 0 Å². The molecule has 0 saturated carbocycles. The van der Waals surface area contributed by atoms with E-state index >= 15 is 0 Å². The van der Waals surface area contributed by atoms with Gasteiger partial charge in [0.15, 0.2) is 0 Å². The van der Waals surface area contributed by atoms with Gasteiger partial charge >= 0.3 is 0 Å². The summed E-state index contributed by atoms with van der Waals surface area (Å²) in [5.41, 5.74) is 8.14. The van der Waals surface area contributed by atoms with Gasteiger partial charge in [-0.3, -0.25) is 0 Å². The molecule has 0 amide bonds. The third-order valence-electron chi connectivity index (χ3n) is 2.27. The zero-order chi connectivity index (χ0) is 11.5. The van der Waals surface area contributed by atoms with Gasteiger partial charge in [-0.1, -0.05) is 29.8 Å². The van der Waals surface area contributed by atoms with Crippen molar-refractivity contribution in [3.8, 4) is 0 Å². The molecular formula is C12H12BrN3. The highest BCUT2D eigenvalue weighted by Crippen LogP contribution is 2.16. The largest absolute Gasteiger partial charge is 0.383 e. The fourth-order valence-corrected chi connectivity index (χ4v) is 1.70. The van der Waals surface area contributed by atoms with Crippen LogP contribution in [0.25, 0.3) is 0 Å². The number of aryl methyl sites for hydroxylation is 1. The molecule has 0 atom stereocenters. The monoisotopic (exact) mass is 277 g/mol. The molecule has 0 aliphatic heterocycles. The van der Waals surface area contributed by atoms with Crippen LogP contribution in [-0.4, -0.2) is 9.97 Å². The molecule has 2 aromatic rings. The average Bonchev–Trinajstić information content (AvgIpc) is 2.24. The zero-order valence-electron chi connectivity index (χ0n) is 8.94. The molecule has 2 N–H and O–H groups in total. The summed E-state index contributed by atoms with van der Waals surface area (Å²) in [6.45, 7) is 2.07. The number of aromatic nitrogens is 2. The van der Waals surface area contributed by atoms with Crippen molar-refractivity contribution < 1.29 is 0 Å². The molecule has 0 radical (unpaired) electrons.